The number of ether oxygens (including phenoxy) is 1. The van der Waals surface area contributed by atoms with Gasteiger partial charge in [-0.2, -0.15) is 18.7 Å². The van der Waals surface area contributed by atoms with Gasteiger partial charge in [0, 0.05) is 6.20 Å². The lowest BCUT2D eigenvalue weighted by Gasteiger charge is -2.19. The van der Waals surface area contributed by atoms with Crippen LogP contribution in [0.2, 0.25) is 0 Å². The van der Waals surface area contributed by atoms with E-state index >= 15 is 0 Å². The zero-order valence-electron chi connectivity index (χ0n) is 11.9. The van der Waals surface area contributed by atoms with E-state index in [0.29, 0.717) is 0 Å². The Balaban J connectivity index is 2.42. The van der Waals surface area contributed by atoms with Crippen LogP contribution in [0.15, 0.2) is 11.0 Å². The first-order chi connectivity index (χ1) is 10.7. The van der Waals surface area contributed by atoms with E-state index in [2.05, 4.69) is 4.98 Å². The summed E-state index contributed by atoms with van der Waals surface area (Å²) in [5.41, 5.74) is 4.36. The normalized spacial score (nSPS) is 27.7. The van der Waals surface area contributed by atoms with Gasteiger partial charge in [-0.15, -0.1) is 0 Å². The molecular weight excluding hydrogens is 332 g/mol. The molecule has 23 heavy (non-hydrogen) atoms. The molecule has 126 valence electrons. The lowest BCUT2D eigenvalue weighted by molar-refractivity contribution is -0.0543. The molecule has 12 heteroatoms. The molecule has 1 aliphatic heterocycles. The number of nitrogens with two attached hydrogens (primary N) is 1. The molecule has 1 saturated heterocycles. The van der Waals surface area contributed by atoms with Crippen molar-refractivity contribution in [2.45, 2.75) is 24.5 Å². The van der Waals surface area contributed by atoms with Crippen LogP contribution in [-0.4, -0.2) is 59.4 Å². The molecule has 0 unspecified atom stereocenters. The van der Waals surface area contributed by atoms with Crippen molar-refractivity contribution in [3.05, 3.63) is 22.2 Å². The molecule has 1 aromatic heterocycles. The molecule has 0 saturated carbocycles. The van der Waals surface area contributed by atoms with Gasteiger partial charge in [0.2, 0.25) is 0 Å². The zero-order valence-corrected chi connectivity index (χ0v) is 12.7. The Bertz CT molecular complexity index is 800. The topological polar surface area (TPSA) is 178 Å². The van der Waals surface area contributed by atoms with Gasteiger partial charge in [-0.05, 0) is 0 Å². The van der Waals surface area contributed by atoms with E-state index in [9.17, 15) is 23.4 Å². The number of nitrogen functional groups attached to an aromatic ring is 1. The smallest absolute Gasteiger partial charge is 0.351 e. The fraction of sp³-hybridized carbons (Fsp3) is 0.545. The molecule has 0 radical (unpaired) electrons. The second-order valence-electron chi connectivity index (χ2n) is 4.84. The molecule has 0 amide bonds. The van der Waals surface area contributed by atoms with Crippen LogP contribution < -0.4 is 11.4 Å². The minimum Gasteiger partial charge on any atom is -0.394 e. The summed E-state index contributed by atoms with van der Waals surface area (Å²) in [6.45, 7) is -0.657. The quantitative estimate of drug-likeness (QED) is 0.485. The van der Waals surface area contributed by atoms with Crippen LogP contribution in [0.1, 0.15) is 11.8 Å². The maximum atomic E-state index is 11.9. The van der Waals surface area contributed by atoms with Crippen molar-refractivity contribution in [1.82, 2.24) is 9.55 Å². The van der Waals surface area contributed by atoms with Gasteiger partial charge in [0.05, 0.1) is 12.9 Å². The summed E-state index contributed by atoms with van der Waals surface area (Å²) < 4.78 is 33.2. The van der Waals surface area contributed by atoms with Gasteiger partial charge in [-0.3, -0.25) is 8.75 Å². The van der Waals surface area contributed by atoms with Crippen molar-refractivity contribution in [3.63, 3.8) is 0 Å². The number of aliphatic hydroxyl groups excluding tert-OH is 2. The third-order valence-corrected chi connectivity index (χ3v) is 3.72. The van der Waals surface area contributed by atoms with Crippen molar-refractivity contribution in [3.8, 4) is 6.07 Å². The van der Waals surface area contributed by atoms with E-state index in [1.54, 1.807) is 6.07 Å². The van der Waals surface area contributed by atoms with E-state index in [0.717, 1.165) is 17.0 Å². The van der Waals surface area contributed by atoms with Crippen molar-refractivity contribution in [2.24, 2.45) is 0 Å². The van der Waals surface area contributed by atoms with Crippen LogP contribution in [0.5, 0.6) is 0 Å². The Labute approximate surface area is 130 Å². The van der Waals surface area contributed by atoms with E-state index in [4.69, 9.17) is 19.9 Å². The average Bonchev–Trinajstić information content (AvgIpc) is 2.74. The number of aliphatic hydroxyl groups is 2. The van der Waals surface area contributed by atoms with Gasteiger partial charge in [-0.25, -0.2) is 4.79 Å². The highest BCUT2D eigenvalue weighted by molar-refractivity contribution is 7.86. The maximum absolute atomic E-state index is 11.9. The van der Waals surface area contributed by atoms with Crippen LogP contribution in [0.25, 0.3) is 0 Å². The molecule has 0 aromatic carbocycles. The molecule has 1 aromatic rings. The number of aromatic nitrogens is 2. The predicted octanol–water partition coefficient (Wildman–Crippen LogP) is -2.71. The Morgan fingerprint density at radius 1 is 1.61 bits per heavy atom. The molecule has 11 nitrogen and oxygen atoms in total. The summed E-state index contributed by atoms with van der Waals surface area (Å²) in [5.74, 6) is -0.288. The van der Waals surface area contributed by atoms with Crippen molar-refractivity contribution in [2.75, 3.05) is 18.6 Å². The molecule has 2 rings (SSSR count). The highest BCUT2D eigenvalue weighted by Crippen LogP contribution is 2.31. The summed E-state index contributed by atoms with van der Waals surface area (Å²) in [4.78, 5) is 15.3. The van der Waals surface area contributed by atoms with Gasteiger partial charge in [-0.1, -0.05) is 0 Å². The van der Waals surface area contributed by atoms with E-state index < -0.39 is 47.0 Å². The molecule has 0 bridgehead atoms. The molecule has 1 fully saturated rings. The summed E-state index contributed by atoms with van der Waals surface area (Å²) in [6.07, 6.45) is -3.82. The van der Waals surface area contributed by atoms with Crippen LogP contribution in [-0.2, 0) is 19.0 Å². The minimum atomic E-state index is -3.95. The fourth-order valence-electron chi connectivity index (χ4n) is 2.17. The molecule has 0 aliphatic carbocycles. The molecular formula is C11H14N4O7S. The number of anilines is 1. The van der Waals surface area contributed by atoms with E-state index in [1.807, 2.05) is 0 Å². The Morgan fingerprint density at radius 3 is 2.78 bits per heavy atom. The Kier molecular flexibility index (Phi) is 4.68. The molecule has 0 spiro atoms. The van der Waals surface area contributed by atoms with Gasteiger partial charge >= 0.3 is 5.69 Å². The number of hydrogen-bond acceptors (Lipinski definition) is 10. The second-order valence-corrected chi connectivity index (χ2v) is 6.45. The summed E-state index contributed by atoms with van der Waals surface area (Å²) in [6, 6.07) is 1.71. The third-order valence-electron chi connectivity index (χ3n) is 3.15. The van der Waals surface area contributed by atoms with Gasteiger partial charge in [0.1, 0.15) is 35.8 Å². The van der Waals surface area contributed by atoms with Crippen LogP contribution in [0, 0.1) is 11.3 Å². The first-order valence-corrected chi connectivity index (χ1v) is 8.11. The largest absolute Gasteiger partial charge is 0.394 e. The monoisotopic (exact) mass is 346 g/mol. The second kappa shape index (κ2) is 6.22. The maximum Gasteiger partial charge on any atom is 0.351 e. The fourth-order valence-corrected chi connectivity index (χ4v) is 2.81. The van der Waals surface area contributed by atoms with Crippen molar-refractivity contribution < 1.29 is 27.6 Å². The van der Waals surface area contributed by atoms with Crippen molar-refractivity contribution in [1.29, 1.82) is 5.26 Å². The van der Waals surface area contributed by atoms with Gasteiger partial charge in [0.15, 0.2) is 6.23 Å². The Hall–Kier alpha value is -2.04. The highest BCUT2D eigenvalue weighted by Gasteiger charge is 2.47. The van der Waals surface area contributed by atoms with Crippen molar-refractivity contribution >= 4 is 15.9 Å². The molecule has 1 aliphatic rings. The summed E-state index contributed by atoms with van der Waals surface area (Å²) in [5, 5.41) is 28.4. The first-order valence-electron chi connectivity index (χ1n) is 6.29. The van der Waals surface area contributed by atoms with Gasteiger partial charge in [0.25, 0.3) is 10.1 Å². The predicted molar refractivity (Wildman–Crippen MR) is 74.3 cm³/mol. The highest BCUT2D eigenvalue weighted by atomic mass is 32.2. The first kappa shape index (κ1) is 17.3. The van der Waals surface area contributed by atoms with E-state index in [1.165, 1.54) is 0 Å². The summed E-state index contributed by atoms with van der Waals surface area (Å²) in [7, 11) is -3.95. The molecule has 2 heterocycles. The number of nitriles is 1. The van der Waals surface area contributed by atoms with Crippen LogP contribution in [0.3, 0.4) is 0 Å². The number of nitrogens with zero attached hydrogens (tertiary/aromatic N) is 3. The Morgan fingerprint density at radius 2 is 2.26 bits per heavy atom. The average molecular weight is 346 g/mol. The SMILES string of the molecule is CS(=O)(=O)O[C@@H]1[C@@H](O)[C@H](n2cc(C#N)c(N)nc2=O)O[C@@H]1CO. The molecule has 4 atom stereocenters. The lowest BCUT2D eigenvalue weighted by atomic mass is 10.1. The molecule has 4 N–H and O–H groups in total. The third kappa shape index (κ3) is 3.49. The number of rotatable bonds is 4. The van der Waals surface area contributed by atoms with E-state index in [-0.39, 0.29) is 11.4 Å². The van der Waals surface area contributed by atoms with Crippen LogP contribution >= 0.6 is 0 Å². The number of hydrogen-bond donors (Lipinski definition) is 3. The standard InChI is InChI=1S/C11H14N4O7S/c1-23(19,20)22-8-6(4-16)21-10(7(8)17)15-3-5(2-12)9(13)14-11(15)18/h3,6-8,10,16-17H,4H2,1H3,(H2,13,14,18)/t6-,7-,8+,10-/m1/s1. The minimum absolute atomic E-state index is 0.131. The lowest BCUT2D eigenvalue weighted by Crippen LogP contribution is -2.39. The summed E-state index contributed by atoms with van der Waals surface area (Å²) >= 11 is 0. The zero-order chi connectivity index (χ0) is 17.4. The van der Waals surface area contributed by atoms with Gasteiger partial charge < -0.3 is 20.7 Å². The van der Waals surface area contributed by atoms with Crippen LogP contribution in [0.4, 0.5) is 5.82 Å².